The fourth-order valence-corrected chi connectivity index (χ4v) is 12.8. The van der Waals surface area contributed by atoms with E-state index in [4.69, 9.17) is 0 Å². The Balaban J connectivity index is 2.13. The van der Waals surface area contributed by atoms with Gasteiger partial charge in [-0.3, -0.25) is 0 Å². The van der Waals surface area contributed by atoms with E-state index in [2.05, 4.69) is 171 Å². The second-order valence-corrected chi connectivity index (χ2v) is 14.8. The molecule has 186 valence electrons. The van der Waals surface area contributed by atoms with Crippen LogP contribution in [0.1, 0.15) is 33.4 Å². The summed E-state index contributed by atoms with van der Waals surface area (Å²) in [5, 5.41) is 8.38. The van der Waals surface area contributed by atoms with E-state index >= 15 is 0 Å². The average molecular weight is 818 g/mol. The van der Waals surface area contributed by atoms with E-state index in [0.29, 0.717) is 0 Å². The van der Waals surface area contributed by atoms with Crippen molar-refractivity contribution in [3.8, 4) is 0 Å². The lowest BCUT2D eigenvalue weighted by atomic mass is 9.90. The van der Waals surface area contributed by atoms with Gasteiger partial charge in [-0.15, -0.1) is 0 Å². The first kappa shape index (κ1) is 28.7. The Bertz CT molecular complexity index is 1150. The predicted octanol–water partition coefficient (Wildman–Crippen LogP) is 9.66. The third-order valence-electron chi connectivity index (χ3n) is 6.84. The summed E-state index contributed by atoms with van der Waals surface area (Å²) in [6, 6.07) is 33.5. The van der Waals surface area contributed by atoms with E-state index in [1.807, 2.05) is 0 Å². The molecular formula is C30H27Br5P+. The van der Waals surface area contributed by atoms with Crippen molar-refractivity contribution in [2.24, 2.45) is 0 Å². The minimum absolute atomic E-state index is 0.824. The first-order valence-electron chi connectivity index (χ1n) is 11.7. The lowest BCUT2D eigenvalue weighted by molar-refractivity contribution is 1.08. The van der Waals surface area contributed by atoms with Gasteiger partial charge in [0.05, 0.1) is 6.16 Å². The van der Waals surface area contributed by atoms with E-state index < -0.39 is 7.26 Å². The zero-order chi connectivity index (χ0) is 25.5. The van der Waals surface area contributed by atoms with E-state index in [1.54, 1.807) is 0 Å². The highest BCUT2D eigenvalue weighted by molar-refractivity contribution is 9.09. The Hall–Kier alpha value is -0.290. The summed E-state index contributed by atoms with van der Waals surface area (Å²) < 4.78 is 0. The van der Waals surface area contributed by atoms with Crippen molar-refractivity contribution < 1.29 is 0 Å². The molecule has 0 heterocycles. The van der Waals surface area contributed by atoms with Gasteiger partial charge >= 0.3 is 0 Å². The van der Waals surface area contributed by atoms with Crippen LogP contribution in [0.2, 0.25) is 0 Å². The molecule has 4 aromatic rings. The van der Waals surface area contributed by atoms with Crippen molar-refractivity contribution in [2.75, 3.05) is 0 Å². The van der Waals surface area contributed by atoms with Gasteiger partial charge in [-0.05, 0) is 69.8 Å². The van der Waals surface area contributed by atoms with Gasteiger partial charge in [-0.1, -0.05) is 134 Å². The van der Waals surface area contributed by atoms with Gasteiger partial charge in [0.25, 0.3) is 0 Å². The number of benzene rings is 4. The van der Waals surface area contributed by atoms with Gasteiger partial charge in [0.1, 0.15) is 23.2 Å². The van der Waals surface area contributed by atoms with Crippen LogP contribution in [0.25, 0.3) is 0 Å². The van der Waals surface area contributed by atoms with Crippen LogP contribution < -0.4 is 15.9 Å². The van der Waals surface area contributed by atoms with E-state index in [-0.39, 0.29) is 0 Å². The molecule has 0 nitrogen and oxygen atoms in total. The summed E-state index contributed by atoms with van der Waals surface area (Å²) in [6.07, 6.45) is 0.968. The lowest BCUT2D eigenvalue weighted by Crippen LogP contribution is -2.33. The highest BCUT2D eigenvalue weighted by Gasteiger charge is 2.46. The molecule has 0 atom stereocenters. The summed E-state index contributed by atoms with van der Waals surface area (Å²) in [4.78, 5) is 0. The molecule has 0 N–H and O–H groups in total. The summed E-state index contributed by atoms with van der Waals surface area (Å²) in [5.41, 5.74) is 8.46. The first-order chi connectivity index (χ1) is 17.7. The van der Waals surface area contributed by atoms with Crippen LogP contribution in [0.3, 0.4) is 0 Å². The molecule has 0 aliphatic rings. The fraction of sp³-hybridized carbons (Fsp3) is 0.200. The zero-order valence-electron chi connectivity index (χ0n) is 19.7. The Morgan fingerprint density at radius 3 is 0.861 bits per heavy atom. The molecule has 0 spiro atoms. The van der Waals surface area contributed by atoms with Gasteiger partial charge < -0.3 is 0 Å². The van der Waals surface area contributed by atoms with Crippen molar-refractivity contribution in [3.05, 3.63) is 124 Å². The first-order valence-corrected chi connectivity index (χ1v) is 19.3. The highest BCUT2D eigenvalue weighted by atomic mass is 79.9. The standard InChI is InChI=1S/C30H27Br5P/c31-16-25-26(17-32)28(19-34)30(29(20-35)27(25)18-33)21-36(22-10-4-1-5-11-22,23-12-6-2-7-13-23)24-14-8-3-9-15-24/h1-15H,16-21H2/q+1. The second kappa shape index (κ2) is 13.7. The monoisotopic (exact) mass is 813 g/mol. The third-order valence-corrected chi connectivity index (χ3v) is 14.0. The fourth-order valence-electron chi connectivity index (χ4n) is 5.10. The molecule has 0 aromatic heterocycles. The minimum Gasteiger partial charge on any atom is -0.0876 e. The van der Waals surface area contributed by atoms with Gasteiger partial charge in [-0.2, -0.15) is 0 Å². The Morgan fingerprint density at radius 2 is 0.611 bits per heavy atom. The Kier molecular flexibility index (Phi) is 10.9. The lowest BCUT2D eigenvalue weighted by Gasteiger charge is -2.31. The van der Waals surface area contributed by atoms with Crippen LogP contribution in [-0.2, 0) is 32.8 Å². The molecule has 0 radical (unpaired) electrons. The van der Waals surface area contributed by atoms with E-state index in [1.165, 1.54) is 49.3 Å². The Morgan fingerprint density at radius 1 is 0.361 bits per heavy atom. The largest absolute Gasteiger partial charge is 0.116 e. The smallest absolute Gasteiger partial charge is 0.0876 e. The minimum atomic E-state index is -2.02. The highest BCUT2D eigenvalue weighted by Crippen LogP contribution is 2.59. The van der Waals surface area contributed by atoms with E-state index in [0.717, 1.165) is 32.8 Å². The van der Waals surface area contributed by atoms with Crippen LogP contribution in [0.4, 0.5) is 0 Å². The molecule has 0 saturated carbocycles. The number of hydrogen-bond donors (Lipinski definition) is 0. The van der Waals surface area contributed by atoms with E-state index in [9.17, 15) is 0 Å². The van der Waals surface area contributed by atoms with Crippen LogP contribution >= 0.6 is 86.9 Å². The van der Waals surface area contributed by atoms with Gasteiger partial charge in [0.15, 0.2) is 0 Å². The van der Waals surface area contributed by atoms with Crippen molar-refractivity contribution in [1.82, 2.24) is 0 Å². The number of rotatable bonds is 10. The summed E-state index contributed by atoms with van der Waals surface area (Å²) in [7, 11) is -2.02. The zero-order valence-corrected chi connectivity index (χ0v) is 28.6. The van der Waals surface area contributed by atoms with Crippen LogP contribution in [0.5, 0.6) is 0 Å². The van der Waals surface area contributed by atoms with Crippen LogP contribution in [0, 0.1) is 0 Å². The summed E-state index contributed by atoms with van der Waals surface area (Å²) >= 11 is 19.3. The molecule has 36 heavy (non-hydrogen) atoms. The predicted molar refractivity (Wildman–Crippen MR) is 178 cm³/mol. The Labute approximate surface area is 257 Å². The molecule has 0 fully saturated rings. The van der Waals surface area contributed by atoms with Crippen molar-refractivity contribution in [3.63, 3.8) is 0 Å². The average Bonchev–Trinajstić information content (AvgIpc) is 2.96. The topological polar surface area (TPSA) is 0 Å². The molecule has 0 aliphatic heterocycles. The van der Waals surface area contributed by atoms with Crippen LogP contribution in [0.15, 0.2) is 91.0 Å². The SMILES string of the molecule is BrCc1c(CBr)c(CBr)c(C[P+](c2ccccc2)(c2ccccc2)c2ccccc2)c(CBr)c1CBr. The maximum Gasteiger partial charge on any atom is 0.116 e. The number of halogens is 5. The third kappa shape index (κ3) is 5.54. The maximum atomic E-state index is 3.90. The second-order valence-electron chi connectivity index (χ2n) is 8.51. The van der Waals surface area contributed by atoms with Gasteiger partial charge in [0.2, 0.25) is 0 Å². The molecule has 0 saturated heterocycles. The van der Waals surface area contributed by atoms with Crippen molar-refractivity contribution in [1.29, 1.82) is 0 Å². The molecule has 4 aromatic carbocycles. The van der Waals surface area contributed by atoms with Crippen molar-refractivity contribution in [2.45, 2.75) is 32.8 Å². The van der Waals surface area contributed by atoms with Crippen molar-refractivity contribution >= 4 is 103 Å². The quantitative estimate of drug-likeness (QED) is 0.111. The van der Waals surface area contributed by atoms with Gasteiger partial charge in [0, 0.05) is 26.7 Å². The van der Waals surface area contributed by atoms with Crippen LogP contribution in [-0.4, -0.2) is 0 Å². The molecule has 4 rings (SSSR count). The maximum absolute atomic E-state index is 3.90. The number of hydrogen-bond acceptors (Lipinski definition) is 0. The number of alkyl halides is 5. The summed E-state index contributed by atoms with van der Waals surface area (Å²) in [5.74, 6) is 0. The summed E-state index contributed by atoms with van der Waals surface area (Å²) in [6.45, 7) is 0. The normalized spacial score (nSPS) is 11.6. The molecule has 0 aliphatic carbocycles. The molecule has 0 unspecified atom stereocenters. The molecule has 6 heteroatoms. The van der Waals surface area contributed by atoms with Gasteiger partial charge in [-0.25, -0.2) is 0 Å². The molecule has 0 amide bonds. The molecule has 0 bridgehead atoms. The molecular weight excluding hydrogens is 791 g/mol.